The molecule has 0 aliphatic carbocycles. The van der Waals surface area contributed by atoms with E-state index in [-0.39, 0.29) is 17.5 Å². The normalized spacial score (nSPS) is 13.7. The Labute approximate surface area is 156 Å². The summed E-state index contributed by atoms with van der Waals surface area (Å²) in [5.74, 6) is 0.519. The summed E-state index contributed by atoms with van der Waals surface area (Å²) in [6.07, 6.45) is 2.51. The largest absolute Gasteiger partial charge is 0.489 e. The highest BCUT2D eigenvalue weighted by molar-refractivity contribution is 7.15. The number of hydrogen-bond donors (Lipinski definition) is 0. The molecule has 1 aliphatic rings. The van der Waals surface area contributed by atoms with Gasteiger partial charge in [-0.1, -0.05) is 23.2 Å². The lowest BCUT2D eigenvalue weighted by atomic mass is 10.2. The lowest BCUT2D eigenvalue weighted by Gasteiger charge is -2.12. The van der Waals surface area contributed by atoms with E-state index < -0.39 is 5.97 Å². The first-order valence-corrected chi connectivity index (χ1v) is 9.13. The molecule has 0 radical (unpaired) electrons. The smallest absolute Gasteiger partial charge is 0.358 e. The van der Waals surface area contributed by atoms with Crippen molar-refractivity contribution in [2.45, 2.75) is 13.0 Å². The summed E-state index contributed by atoms with van der Waals surface area (Å²) in [6, 6.07) is 3.46. The van der Waals surface area contributed by atoms with Crippen molar-refractivity contribution in [2.24, 2.45) is 0 Å². The van der Waals surface area contributed by atoms with Gasteiger partial charge in [0.1, 0.15) is 6.61 Å². The van der Waals surface area contributed by atoms with Crippen molar-refractivity contribution in [1.29, 1.82) is 0 Å². The number of carbonyl (C=O) groups is 1. The van der Waals surface area contributed by atoms with Gasteiger partial charge in [-0.2, -0.15) is 0 Å². The van der Waals surface area contributed by atoms with E-state index in [1.807, 2.05) is 5.38 Å². The molecule has 1 aliphatic heterocycles. The molecule has 3 heterocycles. The first-order chi connectivity index (χ1) is 12.1. The zero-order valence-corrected chi connectivity index (χ0v) is 15.2. The summed E-state index contributed by atoms with van der Waals surface area (Å²) in [4.78, 5) is 17.1. The van der Waals surface area contributed by atoms with Gasteiger partial charge in [0.05, 0.1) is 18.2 Å². The monoisotopic (exact) mass is 398 g/mol. The van der Waals surface area contributed by atoms with Crippen LogP contribution in [0.2, 0.25) is 10.2 Å². The van der Waals surface area contributed by atoms with Crippen LogP contribution in [0.4, 0.5) is 0 Å². The van der Waals surface area contributed by atoms with Gasteiger partial charge in [-0.15, -0.1) is 11.3 Å². The van der Waals surface area contributed by atoms with Gasteiger partial charge in [0, 0.05) is 18.0 Å². The number of hydrogen-bond acceptors (Lipinski definition) is 6. The lowest BCUT2D eigenvalue weighted by Crippen LogP contribution is -2.08. The van der Waals surface area contributed by atoms with E-state index in [4.69, 9.17) is 37.4 Å². The Hall–Kier alpha value is -1.96. The first kappa shape index (κ1) is 16.5. The fourth-order valence-corrected chi connectivity index (χ4v) is 3.83. The van der Waals surface area contributed by atoms with E-state index in [9.17, 15) is 4.79 Å². The average Bonchev–Trinajstić information content (AvgIpc) is 3.04. The molecule has 9 heteroatoms. The minimum atomic E-state index is -0.556. The second kappa shape index (κ2) is 6.74. The van der Waals surface area contributed by atoms with Crippen LogP contribution < -0.4 is 9.47 Å². The number of aromatic nitrogens is 2. The van der Waals surface area contributed by atoms with Gasteiger partial charge in [-0.05, 0) is 17.7 Å². The Balaban J connectivity index is 1.54. The Morgan fingerprint density at radius 3 is 3.04 bits per heavy atom. The fraction of sp³-hybridized carbons (Fsp3) is 0.250. The molecule has 130 valence electrons. The second-order valence-electron chi connectivity index (χ2n) is 5.34. The molecular formula is C16H12Cl2N2O4S. The summed E-state index contributed by atoms with van der Waals surface area (Å²) in [6.45, 7) is 1.13. The van der Waals surface area contributed by atoms with E-state index in [1.54, 1.807) is 22.7 Å². The molecule has 0 fully saturated rings. The van der Waals surface area contributed by atoms with Crippen LogP contribution in [0.5, 0.6) is 11.5 Å². The molecule has 1 aromatic carbocycles. The third kappa shape index (κ3) is 3.15. The molecule has 0 saturated carbocycles. The van der Waals surface area contributed by atoms with Crippen molar-refractivity contribution in [3.8, 4) is 11.5 Å². The number of fused-ring (bicyclic) bond motifs is 2. The number of halogens is 2. The number of thiazole rings is 1. The molecule has 25 heavy (non-hydrogen) atoms. The molecule has 4 rings (SSSR count). The molecule has 0 amide bonds. The van der Waals surface area contributed by atoms with Crippen molar-refractivity contribution in [3.05, 3.63) is 45.1 Å². The standard InChI is InChI=1S/C16H12Cl2N2O4S/c17-10-6-9(7-11-13(10)23-4-1-3-22-11)8-24-15(21)12-14(18)19-16-20(12)2-5-25-16/h2,5-7H,1,3-4,8H2. The van der Waals surface area contributed by atoms with Crippen molar-refractivity contribution in [2.75, 3.05) is 13.2 Å². The van der Waals surface area contributed by atoms with Crippen LogP contribution in [-0.2, 0) is 11.3 Å². The number of imidazole rings is 1. The van der Waals surface area contributed by atoms with E-state index in [1.165, 1.54) is 11.3 Å². The van der Waals surface area contributed by atoms with Crippen LogP contribution in [0.15, 0.2) is 23.7 Å². The summed E-state index contributed by atoms with van der Waals surface area (Å²) in [7, 11) is 0. The molecule has 2 aromatic heterocycles. The van der Waals surface area contributed by atoms with E-state index in [0.717, 1.165) is 6.42 Å². The molecule has 0 N–H and O–H groups in total. The summed E-state index contributed by atoms with van der Waals surface area (Å²) >= 11 is 13.7. The van der Waals surface area contributed by atoms with Gasteiger partial charge in [0.25, 0.3) is 0 Å². The predicted molar refractivity (Wildman–Crippen MR) is 94.3 cm³/mol. The highest BCUT2D eigenvalue weighted by Gasteiger charge is 2.21. The molecule has 6 nitrogen and oxygen atoms in total. The molecule has 0 unspecified atom stereocenters. The van der Waals surface area contributed by atoms with E-state index >= 15 is 0 Å². The Morgan fingerprint density at radius 1 is 1.32 bits per heavy atom. The zero-order chi connectivity index (χ0) is 17.4. The molecule has 0 saturated heterocycles. The van der Waals surface area contributed by atoms with Crippen LogP contribution >= 0.6 is 34.5 Å². The highest BCUT2D eigenvalue weighted by Crippen LogP contribution is 2.38. The third-order valence-electron chi connectivity index (χ3n) is 3.64. The van der Waals surface area contributed by atoms with Crippen LogP contribution in [0.1, 0.15) is 22.5 Å². The van der Waals surface area contributed by atoms with Gasteiger partial charge in [0.2, 0.25) is 0 Å². The number of esters is 1. The Bertz CT molecular complexity index is 953. The number of ether oxygens (including phenoxy) is 3. The molecule has 0 bridgehead atoms. The Kier molecular flexibility index (Phi) is 4.45. The van der Waals surface area contributed by atoms with Crippen molar-refractivity contribution < 1.29 is 19.0 Å². The summed E-state index contributed by atoms with van der Waals surface area (Å²) in [5.41, 5.74) is 0.906. The summed E-state index contributed by atoms with van der Waals surface area (Å²) in [5, 5.41) is 2.36. The van der Waals surface area contributed by atoms with Gasteiger partial charge < -0.3 is 14.2 Å². The number of carbonyl (C=O) groups excluding carboxylic acids is 1. The highest BCUT2D eigenvalue weighted by atomic mass is 35.5. The maximum Gasteiger partial charge on any atom is 0.358 e. The van der Waals surface area contributed by atoms with Gasteiger partial charge in [0.15, 0.2) is 27.3 Å². The number of rotatable bonds is 3. The van der Waals surface area contributed by atoms with Gasteiger partial charge >= 0.3 is 5.97 Å². The van der Waals surface area contributed by atoms with Crippen LogP contribution in [0.25, 0.3) is 4.96 Å². The minimum Gasteiger partial charge on any atom is -0.489 e. The minimum absolute atomic E-state index is 0.0306. The maximum atomic E-state index is 12.4. The van der Waals surface area contributed by atoms with E-state index in [0.29, 0.717) is 40.3 Å². The number of nitrogens with zero attached hydrogens (tertiary/aromatic N) is 2. The van der Waals surface area contributed by atoms with Crippen molar-refractivity contribution >= 4 is 45.5 Å². The Morgan fingerprint density at radius 2 is 2.16 bits per heavy atom. The quantitative estimate of drug-likeness (QED) is 0.618. The topological polar surface area (TPSA) is 62.1 Å². The maximum absolute atomic E-state index is 12.4. The first-order valence-electron chi connectivity index (χ1n) is 7.49. The van der Waals surface area contributed by atoms with Crippen molar-refractivity contribution in [3.63, 3.8) is 0 Å². The van der Waals surface area contributed by atoms with Crippen LogP contribution in [0.3, 0.4) is 0 Å². The van der Waals surface area contributed by atoms with Crippen LogP contribution in [0, 0.1) is 0 Å². The van der Waals surface area contributed by atoms with Gasteiger partial charge in [-0.3, -0.25) is 4.40 Å². The van der Waals surface area contributed by atoms with Crippen molar-refractivity contribution in [1.82, 2.24) is 9.38 Å². The number of benzene rings is 1. The fourth-order valence-electron chi connectivity index (χ4n) is 2.53. The lowest BCUT2D eigenvalue weighted by molar-refractivity contribution is 0.0464. The predicted octanol–water partition coefficient (Wildman–Crippen LogP) is 4.22. The summed E-state index contributed by atoms with van der Waals surface area (Å²) < 4.78 is 18.2. The zero-order valence-electron chi connectivity index (χ0n) is 12.8. The van der Waals surface area contributed by atoms with Crippen LogP contribution in [-0.4, -0.2) is 28.6 Å². The molecule has 0 spiro atoms. The SMILES string of the molecule is O=C(OCc1cc(Cl)c2c(c1)OCCCO2)c1c(Cl)nc2sccn12. The third-order valence-corrected chi connectivity index (χ3v) is 4.95. The van der Waals surface area contributed by atoms with E-state index in [2.05, 4.69) is 4.98 Å². The molecule has 3 aromatic rings. The molecular weight excluding hydrogens is 387 g/mol. The second-order valence-corrected chi connectivity index (χ2v) is 6.98. The average molecular weight is 399 g/mol. The molecule has 0 atom stereocenters. The van der Waals surface area contributed by atoms with Gasteiger partial charge in [-0.25, -0.2) is 9.78 Å².